The summed E-state index contributed by atoms with van der Waals surface area (Å²) in [5.41, 5.74) is 1.88. The normalized spacial score (nSPS) is 11.7. The van der Waals surface area contributed by atoms with Gasteiger partial charge in [0.25, 0.3) is 0 Å². The number of likely N-dealkylation sites (N-methyl/N-ethyl adjacent to an activating group) is 1. The van der Waals surface area contributed by atoms with Crippen LogP contribution in [0.4, 0.5) is 4.79 Å². The highest BCUT2D eigenvalue weighted by atomic mass is 16.5. The minimum Gasteiger partial charge on any atom is -0.494 e. The zero-order valence-corrected chi connectivity index (χ0v) is 16.1. The second kappa shape index (κ2) is 10.3. The van der Waals surface area contributed by atoms with Crippen LogP contribution >= 0.6 is 0 Å². The van der Waals surface area contributed by atoms with Crippen LogP contribution in [-0.4, -0.2) is 37.0 Å². The first-order chi connectivity index (χ1) is 13.0. The molecule has 0 spiro atoms. The molecular weight excluding hydrogens is 342 g/mol. The Bertz CT molecular complexity index is 732. The van der Waals surface area contributed by atoms with Crippen LogP contribution in [0.15, 0.2) is 54.6 Å². The second-order valence-corrected chi connectivity index (χ2v) is 6.15. The molecule has 0 aliphatic heterocycles. The summed E-state index contributed by atoms with van der Waals surface area (Å²) in [5.74, 6) is 0.457. The van der Waals surface area contributed by atoms with Gasteiger partial charge in [-0.15, -0.1) is 0 Å². The molecule has 2 aromatic rings. The van der Waals surface area contributed by atoms with Crippen LogP contribution in [0.1, 0.15) is 31.0 Å². The maximum absolute atomic E-state index is 12.8. The van der Waals surface area contributed by atoms with Crippen LogP contribution in [0, 0.1) is 0 Å². The summed E-state index contributed by atoms with van der Waals surface area (Å²) in [7, 11) is 1.87. The lowest BCUT2D eigenvalue weighted by Crippen LogP contribution is -2.45. The number of carbonyl (C=O) groups excluding carboxylic acids is 2. The lowest BCUT2D eigenvalue weighted by atomic mass is 10.0. The second-order valence-electron chi connectivity index (χ2n) is 6.15. The van der Waals surface area contributed by atoms with Gasteiger partial charge in [0.2, 0.25) is 5.91 Å². The van der Waals surface area contributed by atoms with Gasteiger partial charge in [0.15, 0.2) is 0 Å². The van der Waals surface area contributed by atoms with E-state index in [1.807, 2.05) is 73.5 Å². The van der Waals surface area contributed by atoms with Crippen molar-refractivity contribution in [1.29, 1.82) is 0 Å². The molecule has 0 aromatic heterocycles. The molecule has 6 heteroatoms. The highest BCUT2D eigenvalue weighted by Gasteiger charge is 2.26. The number of imide groups is 1. The number of nitrogens with zero attached hydrogens (tertiary/aromatic N) is 1. The zero-order valence-electron chi connectivity index (χ0n) is 16.1. The van der Waals surface area contributed by atoms with E-state index in [4.69, 9.17) is 4.74 Å². The molecule has 27 heavy (non-hydrogen) atoms. The molecule has 144 valence electrons. The third-order valence-electron chi connectivity index (χ3n) is 4.04. The van der Waals surface area contributed by atoms with E-state index in [0.29, 0.717) is 19.7 Å². The van der Waals surface area contributed by atoms with Crippen molar-refractivity contribution >= 4 is 11.9 Å². The van der Waals surface area contributed by atoms with Gasteiger partial charge in [0.05, 0.1) is 6.61 Å². The summed E-state index contributed by atoms with van der Waals surface area (Å²) in [6, 6.07) is 16.1. The van der Waals surface area contributed by atoms with Gasteiger partial charge >= 0.3 is 6.03 Å². The van der Waals surface area contributed by atoms with Crippen LogP contribution in [0.5, 0.6) is 5.75 Å². The van der Waals surface area contributed by atoms with Gasteiger partial charge in [-0.1, -0.05) is 42.5 Å². The Kier molecular flexibility index (Phi) is 7.82. The number of benzene rings is 2. The monoisotopic (exact) mass is 369 g/mol. The zero-order chi connectivity index (χ0) is 19.6. The fourth-order valence-electron chi connectivity index (χ4n) is 2.86. The first-order valence-electron chi connectivity index (χ1n) is 9.10. The standard InChI is InChI=1S/C21H27N3O3/c1-4-22-21(26)23-20(25)19(17-9-7-6-8-10-17)24(3)15-16-11-13-18(14-12-16)27-5-2/h6-14,19H,4-5,15H2,1-3H3,(H2,22,23,25,26)/t19-/m1/s1. The molecule has 1 atom stereocenters. The number of hydrogen-bond donors (Lipinski definition) is 2. The molecule has 2 aromatic carbocycles. The number of carbonyl (C=O) groups is 2. The predicted octanol–water partition coefficient (Wildman–Crippen LogP) is 3.10. The molecule has 3 amide bonds. The van der Waals surface area contributed by atoms with E-state index in [-0.39, 0.29) is 5.91 Å². The van der Waals surface area contributed by atoms with E-state index in [9.17, 15) is 9.59 Å². The molecule has 0 fully saturated rings. The van der Waals surface area contributed by atoms with Crippen molar-refractivity contribution in [2.45, 2.75) is 26.4 Å². The van der Waals surface area contributed by atoms with Gasteiger partial charge in [-0.2, -0.15) is 0 Å². The first kappa shape index (κ1) is 20.5. The van der Waals surface area contributed by atoms with Crippen molar-refractivity contribution in [2.24, 2.45) is 0 Å². The number of ether oxygens (including phenoxy) is 1. The third kappa shape index (κ3) is 6.11. The van der Waals surface area contributed by atoms with Crippen LogP contribution in [0.25, 0.3) is 0 Å². The molecule has 0 unspecified atom stereocenters. The molecule has 0 saturated heterocycles. The molecule has 0 aliphatic rings. The Hall–Kier alpha value is -2.86. The number of amides is 3. The molecule has 2 N–H and O–H groups in total. The average molecular weight is 369 g/mol. The summed E-state index contributed by atoms with van der Waals surface area (Å²) in [6.45, 7) is 5.37. The van der Waals surface area contributed by atoms with E-state index in [1.165, 1.54) is 0 Å². The fourth-order valence-corrected chi connectivity index (χ4v) is 2.86. The van der Waals surface area contributed by atoms with Crippen molar-refractivity contribution in [1.82, 2.24) is 15.5 Å². The van der Waals surface area contributed by atoms with Crippen molar-refractivity contribution in [3.05, 3.63) is 65.7 Å². The van der Waals surface area contributed by atoms with Crippen molar-refractivity contribution < 1.29 is 14.3 Å². The summed E-state index contributed by atoms with van der Waals surface area (Å²) in [4.78, 5) is 26.5. The molecule has 0 radical (unpaired) electrons. The van der Waals surface area contributed by atoms with Crippen molar-refractivity contribution in [2.75, 3.05) is 20.2 Å². The Morgan fingerprint density at radius 1 is 1.04 bits per heavy atom. The Morgan fingerprint density at radius 3 is 2.30 bits per heavy atom. The molecule has 6 nitrogen and oxygen atoms in total. The highest BCUT2D eigenvalue weighted by molar-refractivity contribution is 5.97. The Labute approximate surface area is 160 Å². The maximum atomic E-state index is 12.8. The Morgan fingerprint density at radius 2 is 1.70 bits per heavy atom. The molecule has 0 aliphatic carbocycles. The smallest absolute Gasteiger partial charge is 0.321 e. The molecule has 2 rings (SSSR count). The first-order valence-corrected chi connectivity index (χ1v) is 9.10. The molecule has 0 heterocycles. The minimum absolute atomic E-state index is 0.361. The minimum atomic E-state index is -0.583. The van der Waals surface area contributed by atoms with Gasteiger partial charge in [-0.3, -0.25) is 15.0 Å². The number of nitrogens with one attached hydrogen (secondary N) is 2. The average Bonchev–Trinajstić information content (AvgIpc) is 2.65. The lowest BCUT2D eigenvalue weighted by Gasteiger charge is -2.27. The van der Waals surface area contributed by atoms with Crippen LogP contribution in [0.2, 0.25) is 0 Å². The van der Waals surface area contributed by atoms with Gasteiger partial charge < -0.3 is 10.1 Å². The maximum Gasteiger partial charge on any atom is 0.321 e. The summed E-state index contributed by atoms with van der Waals surface area (Å²) >= 11 is 0. The van der Waals surface area contributed by atoms with Gasteiger partial charge in [-0.05, 0) is 44.2 Å². The van der Waals surface area contributed by atoms with E-state index in [2.05, 4.69) is 10.6 Å². The van der Waals surface area contributed by atoms with Gasteiger partial charge in [0.1, 0.15) is 11.8 Å². The number of rotatable bonds is 8. The van der Waals surface area contributed by atoms with E-state index in [1.54, 1.807) is 6.92 Å². The van der Waals surface area contributed by atoms with E-state index >= 15 is 0 Å². The SMILES string of the molecule is CCNC(=O)NC(=O)[C@@H](c1ccccc1)N(C)Cc1ccc(OCC)cc1. The molecular formula is C21H27N3O3. The van der Waals surface area contributed by atoms with Gasteiger partial charge in [-0.25, -0.2) is 4.79 Å². The topological polar surface area (TPSA) is 70.7 Å². The van der Waals surface area contributed by atoms with Gasteiger partial charge in [0, 0.05) is 13.1 Å². The molecule has 0 bridgehead atoms. The largest absolute Gasteiger partial charge is 0.494 e. The van der Waals surface area contributed by atoms with Crippen LogP contribution in [-0.2, 0) is 11.3 Å². The van der Waals surface area contributed by atoms with Crippen LogP contribution < -0.4 is 15.4 Å². The van der Waals surface area contributed by atoms with Crippen molar-refractivity contribution in [3.63, 3.8) is 0 Å². The van der Waals surface area contributed by atoms with E-state index < -0.39 is 12.1 Å². The number of urea groups is 1. The quantitative estimate of drug-likeness (QED) is 0.750. The summed E-state index contributed by atoms with van der Waals surface area (Å²) in [5, 5.41) is 5.01. The number of hydrogen-bond acceptors (Lipinski definition) is 4. The summed E-state index contributed by atoms with van der Waals surface area (Å²) in [6.07, 6.45) is 0. The van der Waals surface area contributed by atoms with E-state index in [0.717, 1.165) is 16.9 Å². The summed E-state index contributed by atoms with van der Waals surface area (Å²) < 4.78 is 5.47. The predicted molar refractivity (Wildman–Crippen MR) is 105 cm³/mol. The fraction of sp³-hybridized carbons (Fsp3) is 0.333. The van der Waals surface area contributed by atoms with Crippen molar-refractivity contribution in [3.8, 4) is 5.75 Å². The van der Waals surface area contributed by atoms with Crippen LogP contribution in [0.3, 0.4) is 0 Å². The lowest BCUT2D eigenvalue weighted by molar-refractivity contribution is -0.125. The highest BCUT2D eigenvalue weighted by Crippen LogP contribution is 2.22. The Balaban J connectivity index is 2.16. The third-order valence-corrected chi connectivity index (χ3v) is 4.04. The molecule has 0 saturated carbocycles.